The molecule has 1 aromatic carbocycles. The van der Waals surface area contributed by atoms with Gasteiger partial charge in [0.05, 0.1) is 33.3 Å². The summed E-state index contributed by atoms with van der Waals surface area (Å²) < 4.78 is 7.02. The van der Waals surface area contributed by atoms with Gasteiger partial charge in [0.15, 0.2) is 0 Å². The summed E-state index contributed by atoms with van der Waals surface area (Å²) >= 11 is 0. The summed E-state index contributed by atoms with van der Waals surface area (Å²) in [7, 11) is 2.41. The summed E-state index contributed by atoms with van der Waals surface area (Å²) in [6, 6.07) is 10.1. The minimum Gasteiger partial charge on any atom is -0.493 e. The average molecular weight is 262 g/mol. The molecular weight excluding hydrogens is 234 g/mol. The van der Waals surface area contributed by atoms with Crippen LogP contribution in [0, 0.1) is 5.92 Å². The fourth-order valence-electron chi connectivity index (χ4n) is 3.03. The Morgan fingerprint density at radius 1 is 1.16 bits per heavy atom. The van der Waals surface area contributed by atoms with Crippen LogP contribution in [0.15, 0.2) is 30.3 Å². The van der Waals surface area contributed by atoms with Gasteiger partial charge >= 0.3 is 0 Å². The number of benzene rings is 1. The van der Waals surface area contributed by atoms with Crippen molar-refractivity contribution in [2.24, 2.45) is 5.92 Å². The maximum Gasteiger partial charge on any atom is 0.119 e. The molecule has 0 unspecified atom stereocenters. The van der Waals surface area contributed by atoms with Crippen molar-refractivity contribution >= 4 is 0 Å². The Labute approximate surface area is 118 Å². The molecule has 106 valence electrons. The van der Waals surface area contributed by atoms with Gasteiger partial charge in [-0.05, 0) is 30.9 Å². The molecule has 0 bridgehead atoms. The molecule has 2 rings (SSSR count). The monoisotopic (exact) mass is 262 g/mol. The zero-order valence-electron chi connectivity index (χ0n) is 12.5. The molecule has 0 N–H and O–H groups in total. The van der Waals surface area contributed by atoms with Crippen molar-refractivity contribution in [1.29, 1.82) is 0 Å². The van der Waals surface area contributed by atoms with E-state index in [-0.39, 0.29) is 0 Å². The second kappa shape index (κ2) is 6.95. The zero-order valence-corrected chi connectivity index (χ0v) is 12.5. The van der Waals surface area contributed by atoms with Crippen LogP contribution in [0.25, 0.3) is 0 Å². The summed E-state index contributed by atoms with van der Waals surface area (Å²) in [6.45, 7) is 7.13. The molecular formula is C17H28NO+. The Hall–Kier alpha value is -1.02. The number of ether oxygens (including phenoxy) is 1. The fourth-order valence-corrected chi connectivity index (χ4v) is 3.03. The van der Waals surface area contributed by atoms with Gasteiger partial charge < -0.3 is 9.22 Å². The van der Waals surface area contributed by atoms with Gasteiger partial charge in [-0.25, -0.2) is 0 Å². The third-order valence-corrected chi connectivity index (χ3v) is 4.59. The van der Waals surface area contributed by atoms with Crippen molar-refractivity contribution in [3.8, 4) is 5.75 Å². The predicted molar refractivity (Wildman–Crippen MR) is 80.4 cm³/mol. The fraction of sp³-hybridized carbons (Fsp3) is 0.647. The molecule has 0 amide bonds. The highest BCUT2D eigenvalue weighted by Gasteiger charge is 2.28. The molecule has 1 fully saturated rings. The summed E-state index contributed by atoms with van der Waals surface area (Å²) in [6.07, 6.45) is 5.33. The minimum atomic E-state index is 0.842. The molecule has 0 aliphatic carbocycles. The molecule has 0 radical (unpaired) electrons. The van der Waals surface area contributed by atoms with Crippen LogP contribution < -0.4 is 4.74 Å². The number of nitrogens with zero attached hydrogens (tertiary/aromatic N) is 1. The number of quaternary nitrogens is 1. The lowest BCUT2D eigenvalue weighted by atomic mass is 9.93. The lowest BCUT2D eigenvalue weighted by molar-refractivity contribution is -0.915. The first-order chi connectivity index (χ1) is 9.22. The van der Waals surface area contributed by atoms with Gasteiger partial charge in [-0.2, -0.15) is 0 Å². The van der Waals surface area contributed by atoms with Crippen molar-refractivity contribution in [2.75, 3.05) is 33.3 Å². The van der Waals surface area contributed by atoms with E-state index < -0.39 is 0 Å². The van der Waals surface area contributed by atoms with Gasteiger partial charge in [-0.3, -0.25) is 0 Å². The lowest BCUT2D eigenvalue weighted by Crippen LogP contribution is -2.50. The van der Waals surface area contributed by atoms with E-state index in [9.17, 15) is 0 Å². The number of hydrogen-bond donors (Lipinski definition) is 0. The van der Waals surface area contributed by atoms with Gasteiger partial charge in [0.1, 0.15) is 5.75 Å². The molecule has 1 aliphatic rings. The number of para-hydroxylation sites is 1. The highest BCUT2D eigenvalue weighted by molar-refractivity contribution is 5.20. The topological polar surface area (TPSA) is 9.23 Å². The van der Waals surface area contributed by atoms with E-state index in [1.54, 1.807) is 0 Å². The molecule has 0 atom stereocenters. The summed E-state index contributed by atoms with van der Waals surface area (Å²) in [4.78, 5) is 0. The Balaban J connectivity index is 1.65. The molecule has 0 aromatic heterocycles. The molecule has 0 saturated carbocycles. The van der Waals surface area contributed by atoms with Crippen LogP contribution in [-0.4, -0.2) is 37.8 Å². The zero-order chi connectivity index (χ0) is 13.6. The van der Waals surface area contributed by atoms with Crippen molar-refractivity contribution < 1.29 is 9.22 Å². The SMILES string of the molecule is CCC1CC[N+](C)(CCCOc2ccccc2)CC1. The molecule has 1 saturated heterocycles. The third-order valence-electron chi connectivity index (χ3n) is 4.59. The van der Waals surface area contributed by atoms with E-state index in [0.29, 0.717) is 0 Å². The van der Waals surface area contributed by atoms with E-state index in [0.717, 1.165) is 24.7 Å². The van der Waals surface area contributed by atoms with E-state index >= 15 is 0 Å². The predicted octanol–water partition coefficient (Wildman–Crippen LogP) is 3.72. The number of piperidine rings is 1. The van der Waals surface area contributed by atoms with Crippen LogP contribution in [0.5, 0.6) is 5.75 Å². The summed E-state index contributed by atoms with van der Waals surface area (Å²) in [5.74, 6) is 1.97. The van der Waals surface area contributed by atoms with Crippen LogP contribution in [0.3, 0.4) is 0 Å². The smallest absolute Gasteiger partial charge is 0.119 e. The van der Waals surface area contributed by atoms with Crippen LogP contribution in [0.2, 0.25) is 0 Å². The van der Waals surface area contributed by atoms with E-state index in [1.165, 1.54) is 43.4 Å². The lowest BCUT2D eigenvalue weighted by Gasteiger charge is -2.40. The molecule has 2 heteroatoms. The maximum absolute atomic E-state index is 5.77. The van der Waals surface area contributed by atoms with E-state index in [4.69, 9.17) is 4.74 Å². The molecule has 19 heavy (non-hydrogen) atoms. The summed E-state index contributed by atoms with van der Waals surface area (Å²) in [5, 5.41) is 0. The molecule has 1 aliphatic heterocycles. The van der Waals surface area contributed by atoms with Gasteiger partial charge in [-0.1, -0.05) is 31.5 Å². The summed E-state index contributed by atoms with van der Waals surface area (Å²) in [5.41, 5.74) is 0. The molecule has 0 spiro atoms. The molecule has 1 heterocycles. The van der Waals surface area contributed by atoms with Crippen LogP contribution >= 0.6 is 0 Å². The largest absolute Gasteiger partial charge is 0.493 e. The van der Waals surface area contributed by atoms with Crippen LogP contribution in [0.4, 0.5) is 0 Å². The van der Waals surface area contributed by atoms with Crippen LogP contribution in [0.1, 0.15) is 32.6 Å². The standard InChI is InChI=1S/C17H28NO/c1-3-16-10-13-18(2,14-11-16)12-7-15-19-17-8-5-4-6-9-17/h4-6,8-9,16H,3,7,10-15H2,1-2H3/q+1. The number of likely N-dealkylation sites (tertiary alicyclic amines) is 1. The number of rotatable bonds is 6. The van der Waals surface area contributed by atoms with Gasteiger partial charge in [0.25, 0.3) is 0 Å². The van der Waals surface area contributed by atoms with E-state index in [1.807, 2.05) is 30.3 Å². The van der Waals surface area contributed by atoms with Crippen molar-refractivity contribution in [2.45, 2.75) is 32.6 Å². The second-order valence-corrected chi connectivity index (χ2v) is 6.16. The maximum atomic E-state index is 5.77. The van der Waals surface area contributed by atoms with Crippen molar-refractivity contribution in [3.63, 3.8) is 0 Å². The Morgan fingerprint density at radius 2 is 1.84 bits per heavy atom. The Morgan fingerprint density at radius 3 is 2.47 bits per heavy atom. The minimum absolute atomic E-state index is 0.842. The number of hydrogen-bond acceptors (Lipinski definition) is 1. The second-order valence-electron chi connectivity index (χ2n) is 6.16. The quantitative estimate of drug-likeness (QED) is 0.561. The first-order valence-electron chi connectivity index (χ1n) is 7.73. The van der Waals surface area contributed by atoms with Gasteiger partial charge in [0.2, 0.25) is 0 Å². The van der Waals surface area contributed by atoms with Crippen molar-refractivity contribution in [1.82, 2.24) is 0 Å². The van der Waals surface area contributed by atoms with E-state index in [2.05, 4.69) is 14.0 Å². The molecule has 1 aromatic rings. The Bertz CT molecular complexity index is 355. The van der Waals surface area contributed by atoms with Gasteiger partial charge in [-0.15, -0.1) is 0 Å². The molecule has 2 nitrogen and oxygen atoms in total. The normalized spacial score (nSPS) is 27.2. The Kier molecular flexibility index (Phi) is 5.26. The average Bonchev–Trinajstić information content (AvgIpc) is 2.46. The highest BCUT2D eigenvalue weighted by Crippen LogP contribution is 2.24. The first-order valence-corrected chi connectivity index (χ1v) is 7.73. The third kappa shape index (κ3) is 4.54. The van der Waals surface area contributed by atoms with Crippen molar-refractivity contribution in [3.05, 3.63) is 30.3 Å². The van der Waals surface area contributed by atoms with Gasteiger partial charge in [0, 0.05) is 6.42 Å². The van der Waals surface area contributed by atoms with Crippen LogP contribution in [-0.2, 0) is 0 Å². The highest BCUT2D eigenvalue weighted by atomic mass is 16.5. The first kappa shape index (κ1) is 14.4.